The van der Waals surface area contributed by atoms with E-state index in [9.17, 15) is 14.4 Å². The molecule has 1 saturated carbocycles. The molecule has 0 radical (unpaired) electrons. The molecule has 5 atom stereocenters. The molecule has 2 fully saturated rings. The normalized spacial score (nSPS) is 31.1. The lowest BCUT2D eigenvalue weighted by Gasteiger charge is -2.27. The number of esters is 1. The Labute approximate surface area is 160 Å². The molecule has 2 rings (SSSR count). The predicted molar refractivity (Wildman–Crippen MR) is 96.9 cm³/mol. The van der Waals surface area contributed by atoms with Gasteiger partial charge in [-0.05, 0) is 38.5 Å². The van der Waals surface area contributed by atoms with Crippen molar-refractivity contribution >= 4 is 18.2 Å². The van der Waals surface area contributed by atoms with Gasteiger partial charge < -0.3 is 24.1 Å². The maximum Gasteiger partial charge on any atom is 0.303 e. The van der Waals surface area contributed by atoms with Gasteiger partial charge in [0.15, 0.2) is 6.29 Å². The molecular formula is C20H30O7. The van der Waals surface area contributed by atoms with E-state index in [-0.39, 0.29) is 42.7 Å². The molecule has 0 spiro atoms. The number of aldehydes is 1. The Hall–Kier alpha value is -1.73. The molecule has 0 amide bonds. The van der Waals surface area contributed by atoms with Gasteiger partial charge in [0.05, 0.1) is 6.10 Å². The molecule has 1 N–H and O–H groups in total. The molecule has 27 heavy (non-hydrogen) atoms. The number of carbonyl (C=O) groups is 3. The van der Waals surface area contributed by atoms with Crippen LogP contribution in [0.15, 0.2) is 12.2 Å². The monoisotopic (exact) mass is 382 g/mol. The maximum atomic E-state index is 11.8. The van der Waals surface area contributed by atoms with Crippen molar-refractivity contribution in [2.45, 2.75) is 76.8 Å². The van der Waals surface area contributed by atoms with Crippen molar-refractivity contribution in [1.29, 1.82) is 0 Å². The average Bonchev–Trinajstić information content (AvgIpc) is 2.94. The van der Waals surface area contributed by atoms with Gasteiger partial charge in [-0.25, -0.2) is 0 Å². The van der Waals surface area contributed by atoms with Crippen LogP contribution in [-0.2, 0) is 28.6 Å². The first-order valence-electron chi connectivity index (χ1n) is 9.77. The number of allylic oxidation sites excluding steroid dienone is 2. The van der Waals surface area contributed by atoms with Crippen LogP contribution in [0, 0.1) is 11.8 Å². The topological polar surface area (TPSA) is 99.1 Å². The zero-order chi connectivity index (χ0) is 19.6. The van der Waals surface area contributed by atoms with Crippen LogP contribution >= 0.6 is 0 Å². The molecule has 7 nitrogen and oxygen atoms in total. The zero-order valence-electron chi connectivity index (χ0n) is 15.9. The van der Waals surface area contributed by atoms with E-state index < -0.39 is 5.97 Å². The number of rotatable bonds is 10. The summed E-state index contributed by atoms with van der Waals surface area (Å²) in [4.78, 5) is 33.8. The lowest BCUT2D eigenvalue weighted by atomic mass is 9.91. The quantitative estimate of drug-likeness (QED) is 0.268. The smallest absolute Gasteiger partial charge is 0.303 e. The van der Waals surface area contributed by atoms with Crippen LogP contribution in [0.2, 0.25) is 0 Å². The summed E-state index contributed by atoms with van der Waals surface area (Å²) in [6.45, 7) is 2.03. The van der Waals surface area contributed by atoms with Gasteiger partial charge in [-0.15, -0.1) is 0 Å². The molecule has 1 aliphatic carbocycles. The van der Waals surface area contributed by atoms with Crippen molar-refractivity contribution in [1.82, 2.24) is 0 Å². The molecule has 1 unspecified atom stereocenters. The fourth-order valence-corrected chi connectivity index (χ4v) is 3.83. The molecule has 1 heterocycles. The predicted octanol–water partition coefficient (Wildman–Crippen LogP) is 2.87. The van der Waals surface area contributed by atoms with Crippen LogP contribution < -0.4 is 0 Å². The molecule has 0 aromatic heterocycles. The van der Waals surface area contributed by atoms with Gasteiger partial charge in [-0.3, -0.25) is 9.59 Å². The Kier molecular flexibility index (Phi) is 8.94. The van der Waals surface area contributed by atoms with Crippen LogP contribution in [0.4, 0.5) is 0 Å². The van der Waals surface area contributed by atoms with Crippen LogP contribution in [0.25, 0.3) is 0 Å². The number of hydrogen-bond donors (Lipinski definition) is 1. The van der Waals surface area contributed by atoms with E-state index in [4.69, 9.17) is 19.3 Å². The molecule has 152 valence electrons. The van der Waals surface area contributed by atoms with E-state index >= 15 is 0 Å². The molecule has 1 aliphatic heterocycles. The highest BCUT2D eigenvalue weighted by molar-refractivity contribution is 5.67. The summed E-state index contributed by atoms with van der Waals surface area (Å²) in [6.07, 6.45) is 9.11. The van der Waals surface area contributed by atoms with E-state index in [0.717, 1.165) is 25.5 Å². The van der Waals surface area contributed by atoms with Gasteiger partial charge in [-0.2, -0.15) is 0 Å². The first kappa shape index (κ1) is 21.6. The van der Waals surface area contributed by atoms with Crippen molar-refractivity contribution in [3.63, 3.8) is 0 Å². The summed E-state index contributed by atoms with van der Waals surface area (Å²) < 4.78 is 17.1. The van der Waals surface area contributed by atoms with Gasteiger partial charge in [0.1, 0.15) is 12.4 Å². The summed E-state index contributed by atoms with van der Waals surface area (Å²) in [6, 6.07) is 0. The maximum absolute atomic E-state index is 11.8. The highest BCUT2D eigenvalue weighted by Gasteiger charge is 2.46. The molecule has 1 saturated heterocycles. The van der Waals surface area contributed by atoms with E-state index in [0.29, 0.717) is 32.3 Å². The third-order valence-corrected chi connectivity index (χ3v) is 5.14. The fraction of sp³-hybridized carbons (Fsp3) is 0.750. The largest absolute Gasteiger partial charge is 0.481 e. The Bertz CT molecular complexity index is 524. The molecule has 2 aliphatic rings. The summed E-state index contributed by atoms with van der Waals surface area (Å²) in [5.41, 5.74) is 0. The van der Waals surface area contributed by atoms with Gasteiger partial charge >= 0.3 is 11.9 Å². The minimum absolute atomic E-state index is 0.137. The Balaban J connectivity index is 1.94. The second-order valence-electron chi connectivity index (χ2n) is 7.22. The van der Waals surface area contributed by atoms with Crippen LogP contribution in [0.1, 0.15) is 58.3 Å². The Morgan fingerprint density at radius 2 is 2.04 bits per heavy atom. The number of carboxylic acid groups (broad SMARTS) is 1. The van der Waals surface area contributed by atoms with E-state index in [1.807, 2.05) is 12.2 Å². The summed E-state index contributed by atoms with van der Waals surface area (Å²) in [5, 5.41) is 8.66. The number of unbranched alkanes of at least 4 members (excludes halogenated alkanes) is 1. The van der Waals surface area contributed by atoms with E-state index in [2.05, 4.69) is 0 Å². The second kappa shape index (κ2) is 11.2. The third kappa shape index (κ3) is 7.07. The molecule has 0 aromatic carbocycles. The number of hydrogen-bond acceptors (Lipinski definition) is 6. The minimum Gasteiger partial charge on any atom is -0.481 e. The summed E-state index contributed by atoms with van der Waals surface area (Å²) in [7, 11) is 0. The molecular weight excluding hydrogens is 352 g/mol. The molecule has 0 bridgehead atoms. The number of carboxylic acids is 1. The van der Waals surface area contributed by atoms with Crippen LogP contribution in [0.3, 0.4) is 0 Å². The van der Waals surface area contributed by atoms with Crippen LogP contribution in [0.5, 0.6) is 0 Å². The Morgan fingerprint density at radius 1 is 1.22 bits per heavy atom. The van der Waals surface area contributed by atoms with Crippen molar-refractivity contribution in [2.75, 3.05) is 6.61 Å². The lowest BCUT2D eigenvalue weighted by Crippen LogP contribution is -2.32. The van der Waals surface area contributed by atoms with Crippen LogP contribution in [-0.4, -0.2) is 48.4 Å². The van der Waals surface area contributed by atoms with Gasteiger partial charge in [0, 0.05) is 38.2 Å². The standard InChI is InChI=1S/C20H30O7/c1-14(22)26-17-12-18(27-20-10-6-7-11-25-20)16(13-21)15(17)8-4-2-3-5-9-19(23)24/h2,4,13,15-18,20H,3,5-12H2,1H3,(H,23,24)/b4-2-/t15-,16-,17+,18-,20?/m1/s1. The number of ether oxygens (including phenoxy) is 3. The van der Waals surface area contributed by atoms with Crippen molar-refractivity contribution in [2.24, 2.45) is 11.8 Å². The first-order valence-corrected chi connectivity index (χ1v) is 9.77. The van der Waals surface area contributed by atoms with E-state index in [1.165, 1.54) is 6.92 Å². The zero-order valence-corrected chi connectivity index (χ0v) is 15.9. The SMILES string of the molecule is CC(=O)O[C@H]1C[C@@H](OC2CCCCO2)[C@H](C=O)[C@H]1C/C=C\CCCC(=O)O. The summed E-state index contributed by atoms with van der Waals surface area (Å²) in [5.74, 6) is -1.67. The number of carbonyl (C=O) groups excluding carboxylic acids is 2. The van der Waals surface area contributed by atoms with Crippen molar-refractivity contribution < 1.29 is 33.7 Å². The summed E-state index contributed by atoms with van der Waals surface area (Å²) >= 11 is 0. The molecule has 7 heteroatoms. The lowest BCUT2D eigenvalue weighted by molar-refractivity contribution is -0.195. The number of aliphatic carboxylic acids is 1. The second-order valence-corrected chi connectivity index (χ2v) is 7.22. The average molecular weight is 382 g/mol. The minimum atomic E-state index is -0.806. The highest BCUT2D eigenvalue weighted by atomic mass is 16.7. The van der Waals surface area contributed by atoms with Crippen molar-refractivity contribution in [3.05, 3.63) is 12.2 Å². The van der Waals surface area contributed by atoms with Gasteiger partial charge in [0.25, 0.3) is 0 Å². The van der Waals surface area contributed by atoms with E-state index in [1.54, 1.807) is 0 Å². The fourth-order valence-electron chi connectivity index (χ4n) is 3.83. The molecule has 0 aromatic rings. The van der Waals surface area contributed by atoms with Crippen molar-refractivity contribution in [3.8, 4) is 0 Å². The highest BCUT2D eigenvalue weighted by Crippen LogP contribution is 2.39. The van der Waals surface area contributed by atoms with Gasteiger partial charge in [-0.1, -0.05) is 12.2 Å². The van der Waals surface area contributed by atoms with Gasteiger partial charge in [0.2, 0.25) is 0 Å². The third-order valence-electron chi connectivity index (χ3n) is 5.14. The first-order chi connectivity index (χ1) is 13.0. The Morgan fingerprint density at radius 3 is 2.67 bits per heavy atom.